The van der Waals surface area contributed by atoms with Crippen molar-refractivity contribution >= 4 is 27.7 Å². The first kappa shape index (κ1) is 15.6. The molecule has 2 aromatic rings. The van der Waals surface area contributed by atoms with Crippen LogP contribution in [-0.4, -0.2) is 12.8 Å². The first-order valence-corrected chi connectivity index (χ1v) is 8.51. The lowest BCUT2D eigenvalue weighted by Gasteiger charge is -2.19. The van der Waals surface area contributed by atoms with Gasteiger partial charge in [0.05, 0.1) is 0 Å². The Morgan fingerprint density at radius 1 is 1.10 bits per heavy atom. The summed E-state index contributed by atoms with van der Waals surface area (Å²) in [5.41, 5.74) is 4.07. The Kier molecular flexibility index (Phi) is 5.70. The first-order chi connectivity index (χ1) is 9.60. The molecule has 0 heterocycles. The third-order valence-electron chi connectivity index (χ3n) is 3.39. The molecule has 1 atom stereocenters. The molecule has 1 unspecified atom stereocenters. The van der Waals surface area contributed by atoms with Crippen LogP contribution < -0.4 is 5.32 Å². The van der Waals surface area contributed by atoms with E-state index in [-0.39, 0.29) is 0 Å². The number of halogens is 1. The summed E-state index contributed by atoms with van der Waals surface area (Å²) in [4.78, 5) is 1.30. The van der Waals surface area contributed by atoms with Gasteiger partial charge in [-0.3, -0.25) is 0 Å². The van der Waals surface area contributed by atoms with Crippen LogP contribution in [-0.2, 0) is 0 Å². The van der Waals surface area contributed by atoms with E-state index in [4.69, 9.17) is 0 Å². The lowest BCUT2D eigenvalue weighted by molar-refractivity contribution is 0.657. The fourth-order valence-corrected chi connectivity index (χ4v) is 3.47. The summed E-state index contributed by atoms with van der Waals surface area (Å²) in [5, 5.41) is 3.44. The summed E-state index contributed by atoms with van der Waals surface area (Å²) in [6.45, 7) is 4.33. The molecule has 0 aliphatic carbocycles. The van der Waals surface area contributed by atoms with Crippen LogP contribution in [0.4, 0.5) is 0 Å². The SMILES string of the molecule is CNC(CSc1ccc(Br)cc1)c1cc(C)ccc1C. The maximum atomic E-state index is 3.47. The molecule has 0 radical (unpaired) electrons. The molecule has 0 bridgehead atoms. The molecule has 20 heavy (non-hydrogen) atoms. The molecule has 0 fully saturated rings. The fourth-order valence-electron chi connectivity index (χ4n) is 2.17. The van der Waals surface area contributed by atoms with Crippen molar-refractivity contribution in [3.63, 3.8) is 0 Å². The van der Waals surface area contributed by atoms with Crippen LogP contribution in [0.5, 0.6) is 0 Å². The summed E-state index contributed by atoms with van der Waals surface area (Å²) in [6, 6.07) is 15.5. The first-order valence-electron chi connectivity index (χ1n) is 6.73. The van der Waals surface area contributed by atoms with Crippen molar-refractivity contribution < 1.29 is 0 Å². The molecule has 0 aliphatic rings. The maximum absolute atomic E-state index is 3.47. The van der Waals surface area contributed by atoms with E-state index in [2.05, 4.69) is 77.6 Å². The van der Waals surface area contributed by atoms with Gasteiger partial charge in [-0.05, 0) is 56.3 Å². The molecule has 0 aromatic heterocycles. The van der Waals surface area contributed by atoms with Crippen LogP contribution >= 0.6 is 27.7 Å². The zero-order valence-corrected chi connectivity index (χ0v) is 14.5. The van der Waals surface area contributed by atoms with Crippen molar-refractivity contribution in [3.8, 4) is 0 Å². The molecule has 0 spiro atoms. The van der Waals surface area contributed by atoms with Gasteiger partial charge >= 0.3 is 0 Å². The third-order valence-corrected chi connectivity index (χ3v) is 5.02. The standard InChI is InChI=1S/C17H20BrNS/c1-12-4-5-13(2)16(10-12)17(19-3)11-20-15-8-6-14(18)7-9-15/h4-10,17,19H,11H2,1-3H3. The zero-order valence-electron chi connectivity index (χ0n) is 12.1. The van der Waals surface area contributed by atoms with E-state index in [1.165, 1.54) is 21.6 Å². The molecule has 2 rings (SSSR count). The molecule has 3 heteroatoms. The Labute approximate surface area is 134 Å². The van der Waals surface area contributed by atoms with Crippen LogP contribution in [0.2, 0.25) is 0 Å². The van der Waals surface area contributed by atoms with Gasteiger partial charge in [0.15, 0.2) is 0 Å². The monoisotopic (exact) mass is 349 g/mol. The highest BCUT2D eigenvalue weighted by molar-refractivity contribution is 9.10. The van der Waals surface area contributed by atoms with E-state index in [9.17, 15) is 0 Å². The Bertz CT molecular complexity index is 566. The predicted molar refractivity (Wildman–Crippen MR) is 92.6 cm³/mol. The topological polar surface area (TPSA) is 12.0 Å². The van der Waals surface area contributed by atoms with E-state index in [0.29, 0.717) is 6.04 Å². The predicted octanol–water partition coefficient (Wildman–Crippen LogP) is 5.12. The van der Waals surface area contributed by atoms with Crippen molar-refractivity contribution in [3.05, 3.63) is 63.6 Å². The molecular weight excluding hydrogens is 330 g/mol. The summed E-state index contributed by atoms with van der Waals surface area (Å²) in [5.74, 6) is 1.03. The summed E-state index contributed by atoms with van der Waals surface area (Å²) < 4.78 is 1.13. The van der Waals surface area contributed by atoms with Gasteiger partial charge in [0.2, 0.25) is 0 Å². The van der Waals surface area contributed by atoms with Gasteiger partial charge in [0.25, 0.3) is 0 Å². The van der Waals surface area contributed by atoms with E-state index in [1.807, 2.05) is 18.8 Å². The fraction of sp³-hybridized carbons (Fsp3) is 0.294. The van der Waals surface area contributed by atoms with Gasteiger partial charge < -0.3 is 5.32 Å². The van der Waals surface area contributed by atoms with Crippen LogP contribution in [0.15, 0.2) is 51.8 Å². The number of aryl methyl sites for hydroxylation is 2. The second kappa shape index (κ2) is 7.30. The maximum Gasteiger partial charge on any atom is 0.0415 e. The molecule has 2 aromatic carbocycles. The quantitative estimate of drug-likeness (QED) is 0.752. The van der Waals surface area contributed by atoms with Crippen molar-refractivity contribution in [1.82, 2.24) is 5.32 Å². The minimum Gasteiger partial charge on any atom is -0.312 e. The van der Waals surface area contributed by atoms with Gasteiger partial charge in [-0.15, -0.1) is 11.8 Å². The van der Waals surface area contributed by atoms with Gasteiger partial charge in [-0.25, -0.2) is 0 Å². The molecule has 0 aliphatic heterocycles. The number of rotatable bonds is 5. The van der Waals surface area contributed by atoms with Gasteiger partial charge in [0, 0.05) is 21.2 Å². The minimum atomic E-state index is 0.378. The lowest BCUT2D eigenvalue weighted by atomic mass is 10.0. The molecule has 1 N–H and O–H groups in total. The van der Waals surface area contributed by atoms with Crippen LogP contribution in [0, 0.1) is 13.8 Å². The Hall–Kier alpha value is -0.770. The van der Waals surface area contributed by atoms with Crippen molar-refractivity contribution in [2.24, 2.45) is 0 Å². The second-order valence-electron chi connectivity index (χ2n) is 4.97. The minimum absolute atomic E-state index is 0.378. The smallest absolute Gasteiger partial charge is 0.0415 e. The van der Waals surface area contributed by atoms with E-state index < -0.39 is 0 Å². The number of benzene rings is 2. The Balaban J connectivity index is 2.09. The molecular formula is C17H20BrNS. The highest BCUT2D eigenvalue weighted by Gasteiger charge is 2.12. The molecule has 0 saturated heterocycles. The third kappa shape index (κ3) is 4.11. The largest absolute Gasteiger partial charge is 0.312 e. The van der Waals surface area contributed by atoms with E-state index >= 15 is 0 Å². The summed E-state index contributed by atoms with van der Waals surface area (Å²) >= 11 is 5.36. The Morgan fingerprint density at radius 2 is 1.80 bits per heavy atom. The average Bonchev–Trinajstić information content (AvgIpc) is 2.45. The second-order valence-corrected chi connectivity index (χ2v) is 6.98. The van der Waals surface area contributed by atoms with Crippen molar-refractivity contribution in [2.75, 3.05) is 12.8 Å². The van der Waals surface area contributed by atoms with Crippen LogP contribution in [0.3, 0.4) is 0 Å². The number of thioether (sulfide) groups is 1. The van der Waals surface area contributed by atoms with Gasteiger partial charge in [-0.2, -0.15) is 0 Å². The number of hydrogen-bond donors (Lipinski definition) is 1. The molecule has 0 amide bonds. The van der Waals surface area contributed by atoms with Crippen LogP contribution in [0.1, 0.15) is 22.7 Å². The van der Waals surface area contributed by atoms with Crippen LogP contribution in [0.25, 0.3) is 0 Å². The van der Waals surface area contributed by atoms with Gasteiger partial charge in [0.1, 0.15) is 0 Å². The normalized spacial score (nSPS) is 12.4. The Morgan fingerprint density at radius 3 is 2.45 bits per heavy atom. The molecule has 106 valence electrons. The van der Waals surface area contributed by atoms with E-state index in [1.54, 1.807) is 0 Å². The summed E-state index contributed by atoms with van der Waals surface area (Å²) in [6.07, 6.45) is 0. The highest BCUT2D eigenvalue weighted by Crippen LogP contribution is 2.27. The zero-order chi connectivity index (χ0) is 14.5. The molecule has 0 saturated carbocycles. The number of nitrogens with one attached hydrogen (secondary N) is 1. The van der Waals surface area contributed by atoms with Gasteiger partial charge in [-0.1, -0.05) is 39.7 Å². The average molecular weight is 350 g/mol. The highest BCUT2D eigenvalue weighted by atomic mass is 79.9. The van der Waals surface area contributed by atoms with E-state index in [0.717, 1.165) is 10.2 Å². The van der Waals surface area contributed by atoms with Crippen molar-refractivity contribution in [1.29, 1.82) is 0 Å². The number of hydrogen-bond acceptors (Lipinski definition) is 2. The summed E-state index contributed by atoms with van der Waals surface area (Å²) in [7, 11) is 2.04. The van der Waals surface area contributed by atoms with Crippen molar-refractivity contribution in [2.45, 2.75) is 24.8 Å². The molecule has 1 nitrogen and oxygen atoms in total. The lowest BCUT2D eigenvalue weighted by Crippen LogP contribution is -2.19.